The second-order valence-corrected chi connectivity index (χ2v) is 6.09. The number of ketones is 1. The molecule has 0 bridgehead atoms. The molecule has 0 aliphatic carbocycles. The van der Waals surface area contributed by atoms with Crippen LogP contribution >= 0.6 is 11.6 Å². The Labute approximate surface area is 140 Å². The molecule has 0 N–H and O–H groups in total. The molecule has 1 amide bonds. The van der Waals surface area contributed by atoms with E-state index >= 15 is 0 Å². The summed E-state index contributed by atoms with van der Waals surface area (Å²) in [5.74, 6) is -0.0654. The van der Waals surface area contributed by atoms with Gasteiger partial charge in [-0.2, -0.15) is 0 Å². The molecule has 2 heterocycles. The first kappa shape index (κ1) is 15.7. The van der Waals surface area contributed by atoms with Crippen molar-refractivity contribution in [1.29, 1.82) is 0 Å². The molecule has 3 rings (SSSR count). The third kappa shape index (κ3) is 3.59. The van der Waals surface area contributed by atoms with Crippen LogP contribution in [0.3, 0.4) is 0 Å². The highest BCUT2D eigenvalue weighted by Crippen LogP contribution is 2.24. The smallest absolute Gasteiger partial charge is 0.272 e. The quantitative estimate of drug-likeness (QED) is 0.805. The van der Waals surface area contributed by atoms with Gasteiger partial charge in [-0.25, -0.2) is 4.98 Å². The van der Waals surface area contributed by atoms with Crippen molar-refractivity contribution in [3.63, 3.8) is 0 Å². The van der Waals surface area contributed by atoms with Gasteiger partial charge in [0, 0.05) is 30.8 Å². The maximum absolute atomic E-state index is 12.6. The SMILES string of the molecule is O=C(CC1CCCN1C(=O)c1ccc(Cl)cn1)c1ccccc1. The average molecular weight is 329 g/mol. The van der Waals surface area contributed by atoms with E-state index in [1.165, 1.54) is 6.20 Å². The first-order valence-electron chi connectivity index (χ1n) is 7.66. The lowest BCUT2D eigenvalue weighted by Gasteiger charge is -2.24. The molecule has 1 aliphatic heterocycles. The fourth-order valence-corrected chi connectivity index (χ4v) is 3.03. The third-order valence-corrected chi connectivity index (χ3v) is 4.32. The molecule has 1 saturated heterocycles. The van der Waals surface area contributed by atoms with Crippen LogP contribution in [0.25, 0.3) is 0 Å². The number of hydrogen-bond acceptors (Lipinski definition) is 3. The van der Waals surface area contributed by atoms with Crippen LogP contribution < -0.4 is 0 Å². The van der Waals surface area contributed by atoms with Gasteiger partial charge < -0.3 is 4.90 Å². The van der Waals surface area contributed by atoms with Gasteiger partial charge in [0.05, 0.1) is 5.02 Å². The number of benzene rings is 1. The predicted molar refractivity (Wildman–Crippen MR) is 88.7 cm³/mol. The molecule has 0 radical (unpaired) electrons. The molecule has 2 aromatic rings. The number of carbonyl (C=O) groups excluding carboxylic acids is 2. The number of hydrogen-bond donors (Lipinski definition) is 0. The van der Waals surface area contributed by atoms with E-state index < -0.39 is 0 Å². The van der Waals surface area contributed by atoms with E-state index in [4.69, 9.17) is 11.6 Å². The number of Topliss-reactive ketones (excluding diaryl/α,β-unsaturated/α-hetero) is 1. The summed E-state index contributed by atoms with van der Waals surface area (Å²) in [7, 11) is 0. The fourth-order valence-electron chi connectivity index (χ4n) is 2.92. The lowest BCUT2D eigenvalue weighted by atomic mass is 10.0. The lowest BCUT2D eigenvalue weighted by Crippen LogP contribution is -2.37. The highest BCUT2D eigenvalue weighted by atomic mass is 35.5. The van der Waals surface area contributed by atoms with Crippen LogP contribution in [0, 0.1) is 0 Å². The topological polar surface area (TPSA) is 50.3 Å². The molecule has 23 heavy (non-hydrogen) atoms. The van der Waals surface area contributed by atoms with Crippen LogP contribution in [0.4, 0.5) is 0 Å². The van der Waals surface area contributed by atoms with Crippen molar-refractivity contribution in [1.82, 2.24) is 9.88 Å². The molecule has 118 valence electrons. The number of amides is 1. The summed E-state index contributed by atoms with van der Waals surface area (Å²) in [5, 5.41) is 0.499. The molecule has 1 aliphatic rings. The molecule has 1 atom stereocenters. The van der Waals surface area contributed by atoms with Crippen molar-refractivity contribution >= 4 is 23.3 Å². The number of nitrogens with zero attached hydrogens (tertiary/aromatic N) is 2. The van der Waals surface area contributed by atoms with Crippen molar-refractivity contribution in [2.75, 3.05) is 6.54 Å². The number of halogens is 1. The van der Waals surface area contributed by atoms with Gasteiger partial charge in [-0.15, -0.1) is 0 Å². The zero-order valence-electron chi connectivity index (χ0n) is 12.6. The summed E-state index contributed by atoms with van der Waals surface area (Å²) in [5.41, 5.74) is 1.06. The molecular formula is C18H17ClN2O2. The maximum atomic E-state index is 12.6. The number of carbonyl (C=O) groups is 2. The molecule has 0 spiro atoms. The van der Waals surface area contributed by atoms with Crippen molar-refractivity contribution in [2.24, 2.45) is 0 Å². The van der Waals surface area contributed by atoms with Gasteiger partial charge in [-0.1, -0.05) is 41.9 Å². The first-order valence-corrected chi connectivity index (χ1v) is 8.04. The van der Waals surface area contributed by atoms with E-state index in [1.54, 1.807) is 17.0 Å². The Morgan fingerprint density at radius 2 is 1.96 bits per heavy atom. The van der Waals surface area contributed by atoms with Gasteiger partial charge in [-0.3, -0.25) is 9.59 Å². The van der Waals surface area contributed by atoms with E-state index in [-0.39, 0.29) is 17.7 Å². The van der Waals surface area contributed by atoms with Crippen LogP contribution in [0.15, 0.2) is 48.7 Å². The highest BCUT2D eigenvalue weighted by molar-refractivity contribution is 6.30. The minimum absolute atomic E-state index is 0.0623. The van der Waals surface area contributed by atoms with E-state index in [0.717, 1.165) is 12.8 Å². The fraction of sp³-hybridized carbons (Fsp3) is 0.278. The molecule has 1 fully saturated rings. The lowest BCUT2D eigenvalue weighted by molar-refractivity contribution is 0.0711. The van der Waals surface area contributed by atoms with Gasteiger partial charge in [0.1, 0.15) is 5.69 Å². The van der Waals surface area contributed by atoms with Gasteiger partial charge >= 0.3 is 0 Å². The van der Waals surface area contributed by atoms with Crippen LogP contribution in [0.2, 0.25) is 5.02 Å². The van der Waals surface area contributed by atoms with E-state index in [1.807, 2.05) is 30.3 Å². The number of rotatable bonds is 4. The molecule has 1 aromatic heterocycles. The van der Waals surface area contributed by atoms with E-state index in [9.17, 15) is 9.59 Å². The van der Waals surface area contributed by atoms with Crippen molar-refractivity contribution in [2.45, 2.75) is 25.3 Å². The van der Waals surface area contributed by atoms with Crippen LogP contribution in [-0.4, -0.2) is 34.2 Å². The summed E-state index contributed by atoms with van der Waals surface area (Å²) in [6.07, 6.45) is 3.57. The standard InChI is InChI=1S/C18H17ClN2O2/c19-14-8-9-16(20-12-14)18(23)21-10-4-7-15(21)11-17(22)13-5-2-1-3-6-13/h1-3,5-6,8-9,12,15H,4,7,10-11H2. The molecule has 4 nitrogen and oxygen atoms in total. The predicted octanol–water partition coefficient (Wildman–Crippen LogP) is 3.61. The normalized spacial score (nSPS) is 17.3. The minimum Gasteiger partial charge on any atom is -0.334 e. The third-order valence-electron chi connectivity index (χ3n) is 4.10. The first-order chi connectivity index (χ1) is 11.1. The Kier molecular flexibility index (Phi) is 4.72. The summed E-state index contributed by atoms with van der Waals surface area (Å²) in [6.45, 7) is 0.663. The molecule has 0 saturated carbocycles. The van der Waals surface area contributed by atoms with Gasteiger partial charge in [0.15, 0.2) is 5.78 Å². The van der Waals surface area contributed by atoms with Crippen LogP contribution in [-0.2, 0) is 0 Å². The molecule has 1 aromatic carbocycles. The summed E-state index contributed by atoms with van der Waals surface area (Å²) in [6, 6.07) is 12.4. The number of aromatic nitrogens is 1. The molecular weight excluding hydrogens is 312 g/mol. The zero-order chi connectivity index (χ0) is 16.2. The summed E-state index contributed by atoms with van der Waals surface area (Å²) < 4.78 is 0. The second kappa shape index (κ2) is 6.92. The monoisotopic (exact) mass is 328 g/mol. The Hall–Kier alpha value is -2.20. The Morgan fingerprint density at radius 3 is 2.65 bits per heavy atom. The zero-order valence-corrected chi connectivity index (χ0v) is 13.4. The van der Waals surface area contributed by atoms with Gasteiger partial charge in [-0.05, 0) is 25.0 Å². The molecule has 5 heteroatoms. The largest absolute Gasteiger partial charge is 0.334 e. The van der Waals surface area contributed by atoms with Crippen molar-refractivity contribution in [3.05, 3.63) is 64.9 Å². The maximum Gasteiger partial charge on any atom is 0.272 e. The van der Waals surface area contributed by atoms with Crippen molar-refractivity contribution < 1.29 is 9.59 Å². The molecule has 1 unspecified atom stereocenters. The number of pyridine rings is 1. The van der Waals surface area contributed by atoms with E-state index in [2.05, 4.69) is 4.98 Å². The van der Waals surface area contributed by atoms with Crippen LogP contribution in [0.1, 0.15) is 40.1 Å². The Morgan fingerprint density at radius 1 is 1.17 bits per heavy atom. The summed E-state index contributed by atoms with van der Waals surface area (Å²) in [4.78, 5) is 30.8. The minimum atomic E-state index is -0.134. The van der Waals surface area contributed by atoms with Crippen molar-refractivity contribution in [3.8, 4) is 0 Å². The van der Waals surface area contributed by atoms with E-state index in [0.29, 0.717) is 29.2 Å². The Bertz CT molecular complexity index is 701. The Balaban J connectivity index is 1.71. The second-order valence-electron chi connectivity index (χ2n) is 5.65. The average Bonchev–Trinajstić information content (AvgIpc) is 3.04. The van der Waals surface area contributed by atoms with Gasteiger partial charge in [0.2, 0.25) is 0 Å². The highest BCUT2D eigenvalue weighted by Gasteiger charge is 2.31. The number of likely N-dealkylation sites (tertiary alicyclic amines) is 1. The van der Waals surface area contributed by atoms with Crippen LogP contribution in [0.5, 0.6) is 0 Å². The van der Waals surface area contributed by atoms with Gasteiger partial charge in [0.25, 0.3) is 5.91 Å². The summed E-state index contributed by atoms with van der Waals surface area (Å²) >= 11 is 5.81.